The predicted molar refractivity (Wildman–Crippen MR) is 197 cm³/mol. The molecular formula is C43H42N4OPd. The van der Waals surface area contributed by atoms with Gasteiger partial charge in [-0.15, -0.1) is 41.3 Å². The van der Waals surface area contributed by atoms with E-state index in [4.69, 9.17) is 14.8 Å². The Bertz CT molecular complexity index is 2370. The van der Waals surface area contributed by atoms with Crippen molar-refractivity contribution < 1.29 is 25.2 Å². The van der Waals surface area contributed by atoms with Crippen LogP contribution in [-0.4, -0.2) is 19.3 Å². The molecule has 0 amide bonds. The van der Waals surface area contributed by atoms with Crippen molar-refractivity contribution in [2.45, 2.75) is 75.2 Å². The molecule has 7 rings (SSSR count). The van der Waals surface area contributed by atoms with Gasteiger partial charge in [0.1, 0.15) is 5.82 Å². The molecule has 3 heterocycles. The van der Waals surface area contributed by atoms with Crippen LogP contribution >= 0.6 is 0 Å². The van der Waals surface area contributed by atoms with Gasteiger partial charge in [-0.2, -0.15) is 11.2 Å². The topological polar surface area (TPSA) is 44.9 Å². The molecule has 0 bridgehead atoms. The molecule has 0 aliphatic heterocycles. The van der Waals surface area contributed by atoms with Gasteiger partial charge in [-0.3, -0.25) is 4.68 Å². The molecule has 0 fully saturated rings. The van der Waals surface area contributed by atoms with Crippen LogP contribution in [0.15, 0.2) is 66.9 Å². The van der Waals surface area contributed by atoms with E-state index in [1.54, 1.807) is 0 Å². The van der Waals surface area contributed by atoms with Crippen LogP contribution < -0.4 is 4.74 Å². The Morgan fingerprint density at radius 2 is 1.39 bits per heavy atom. The number of hydrogen-bond acceptors (Lipinski definition) is 3. The summed E-state index contributed by atoms with van der Waals surface area (Å²) < 4.78 is 10.8. The van der Waals surface area contributed by atoms with Crippen molar-refractivity contribution in [1.29, 1.82) is 0 Å². The summed E-state index contributed by atoms with van der Waals surface area (Å²) in [6.07, 6.45) is 1.85. The first-order chi connectivity index (χ1) is 22.9. The predicted octanol–water partition coefficient (Wildman–Crippen LogP) is 11.0. The van der Waals surface area contributed by atoms with Gasteiger partial charge >= 0.3 is 20.4 Å². The van der Waals surface area contributed by atoms with Gasteiger partial charge in [-0.05, 0) is 130 Å². The first-order valence-electron chi connectivity index (χ1n) is 16.7. The Morgan fingerprint density at radius 1 is 0.694 bits per heavy atom. The zero-order valence-corrected chi connectivity index (χ0v) is 31.5. The Kier molecular flexibility index (Phi) is 9.18. The number of para-hydroxylation sites is 1. The van der Waals surface area contributed by atoms with Crippen molar-refractivity contribution in [2.75, 3.05) is 0 Å². The van der Waals surface area contributed by atoms with Crippen molar-refractivity contribution in [3.8, 4) is 34.1 Å². The maximum Gasteiger partial charge on any atom is 2.00 e. The maximum atomic E-state index is 6.61. The molecule has 7 aromatic rings. The van der Waals surface area contributed by atoms with Gasteiger partial charge in [0.2, 0.25) is 0 Å². The summed E-state index contributed by atoms with van der Waals surface area (Å²) in [5.74, 6) is 2.39. The number of aryl methyl sites for hydroxylation is 2. The third-order valence-electron chi connectivity index (χ3n) is 10.2. The Balaban J connectivity index is 0.00000417. The standard InChI is InChI=1S/C43H42N4O.Pd/c1-24(2)33-20-34(47-32(10)43(31(9)45-47)42-29(7)27(5)26(4)28(6)30(42)8)22-36(21-33)48-35-15-16-38-37-13-11-12-14-39(37)46(40(38)23-35)41-19-25(3)17-18-44-41;/h11-21,24H,1-10H3;/q-2;+2. The molecule has 3 aromatic heterocycles. The number of ether oxygens (including phenoxy) is 1. The molecule has 0 aliphatic carbocycles. The number of rotatable bonds is 6. The molecule has 0 N–H and O–H groups in total. The maximum absolute atomic E-state index is 6.61. The Labute approximate surface area is 303 Å². The zero-order chi connectivity index (χ0) is 34.0. The third-order valence-corrected chi connectivity index (χ3v) is 10.2. The average Bonchev–Trinajstić information content (AvgIpc) is 3.55. The second-order valence-corrected chi connectivity index (χ2v) is 13.5. The molecule has 0 unspecified atom stereocenters. The van der Waals surface area contributed by atoms with Crippen molar-refractivity contribution in [3.05, 3.63) is 129 Å². The summed E-state index contributed by atoms with van der Waals surface area (Å²) in [6, 6.07) is 28.1. The number of aromatic nitrogens is 4. The van der Waals surface area contributed by atoms with Gasteiger partial charge < -0.3 is 9.30 Å². The van der Waals surface area contributed by atoms with Gasteiger partial charge in [0.15, 0.2) is 0 Å². The van der Waals surface area contributed by atoms with E-state index in [9.17, 15) is 0 Å². The first-order valence-corrected chi connectivity index (χ1v) is 16.7. The molecule has 0 saturated carbocycles. The van der Waals surface area contributed by atoms with Crippen molar-refractivity contribution in [1.82, 2.24) is 19.3 Å². The van der Waals surface area contributed by atoms with Gasteiger partial charge in [0.05, 0.1) is 5.69 Å². The molecule has 0 radical (unpaired) electrons. The minimum atomic E-state index is 0. The largest absolute Gasteiger partial charge is 2.00 e. The molecule has 0 saturated heterocycles. The molecule has 4 aromatic carbocycles. The second kappa shape index (κ2) is 13.1. The van der Waals surface area contributed by atoms with E-state index in [-0.39, 0.29) is 26.3 Å². The fraction of sp³-hybridized carbons (Fsp3) is 0.256. The van der Waals surface area contributed by atoms with Gasteiger partial charge in [0.25, 0.3) is 0 Å². The summed E-state index contributed by atoms with van der Waals surface area (Å²) in [4.78, 5) is 4.72. The number of nitrogens with zero attached hydrogens (tertiary/aromatic N) is 4. The number of benzene rings is 4. The number of fused-ring (bicyclic) bond motifs is 3. The van der Waals surface area contributed by atoms with E-state index >= 15 is 0 Å². The molecule has 0 aliphatic rings. The van der Waals surface area contributed by atoms with Crippen LogP contribution in [0.4, 0.5) is 0 Å². The van der Waals surface area contributed by atoms with E-state index in [2.05, 4.69) is 134 Å². The van der Waals surface area contributed by atoms with Gasteiger partial charge in [0, 0.05) is 34.5 Å². The monoisotopic (exact) mass is 736 g/mol. The molecule has 250 valence electrons. The van der Waals surface area contributed by atoms with Gasteiger partial charge in [-0.25, -0.2) is 4.98 Å². The number of pyridine rings is 1. The van der Waals surface area contributed by atoms with E-state index < -0.39 is 0 Å². The van der Waals surface area contributed by atoms with Crippen LogP contribution in [0.25, 0.3) is 44.4 Å². The molecule has 49 heavy (non-hydrogen) atoms. The van der Waals surface area contributed by atoms with Crippen LogP contribution in [0.1, 0.15) is 70.1 Å². The fourth-order valence-electron chi connectivity index (χ4n) is 7.10. The Hall–Kier alpha value is -4.50. The summed E-state index contributed by atoms with van der Waals surface area (Å²) >= 11 is 0. The van der Waals surface area contributed by atoms with Crippen molar-refractivity contribution in [3.63, 3.8) is 0 Å². The minimum absolute atomic E-state index is 0. The molecule has 0 spiro atoms. The second-order valence-electron chi connectivity index (χ2n) is 13.5. The Morgan fingerprint density at radius 3 is 2.08 bits per heavy atom. The summed E-state index contributed by atoms with van der Waals surface area (Å²) in [7, 11) is 0. The van der Waals surface area contributed by atoms with Crippen LogP contribution in [0, 0.1) is 67.5 Å². The smallest absolute Gasteiger partial charge is 0.509 e. The normalized spacial score (nSPS) is 11.5. The average molecular weight is 737 g/mol. The van der Waals surface area contributed by atoms with E-state index in [0.717, 1.165) is 55.8 Å². The van der Waals surface area contributed by atoms with E-state index in [1.165, 1.54) is 38.9 Å². The SMILES string of the molecule is Cc1ccnc(-n2c3[c-]c(Oc4[c-]c(-n5nc(C)c(-c6c(C)c(C)c(C)c(C)c6C)c5C)cc(C(C)C)c4)ccc3c3ccccc32)c1.[Pd+2]. The van der Waals surface area contributed by atoms with Crippen LogP contribution in [0.5, 0.6) is 11.5 Å². The zero-order valence-electron chi connectivity index (χ0n) is 29.9. The third kappa shape index (κ3) is 5.82. The quantitative estimate of drug-likeness (QED) is 0.126. The fourth-order valence-corrected chi connectivity index (χ4v) is 7.10. The molecular weight excluding hydrogens is 695 g/mol. The van der Waals surface area contributed by atoms with Crippen molar-refractivity contribution in [2.24, 2.45) is 0 Å². The first kappa shape index (κ1) is 34.4. The summed E-state index contributed by atoms with van der Waals surface area (Å²) in [5, 5.41) is 7.35. The van der Waals surface area contributed by atoms with Crippen molar-refractivity contribution >= 4 is 21.8 Å². The minimum Gasteiger partial charge on any atom is -0.509 e. The summed E-state index contributed by atoms with van der Waals surface area (Å²) in [5.41, 5.74) is 16.4. The summed E-state index contributed by atoms with van der Waals surface area (Å²) in [6.45, 7) is 21.9. The van der Waals surface area contributed by atoms with Crippen LogP contribution in [-0.2, 0) is 20.4 Å². The van der Waals surface area contributed by atoms with Crippen LogP contribution in [0.3, 0.4) is 0 Å². The molecule has 6 heteroatoms. The molecule has 5 nitrogen and oxygen atoms in total. The van der Waals surface area contributed by atoms with Gasteiger partial charge in [-0.1, -0.05) is 37.6 Å². The number of hydrogen-bond donors (Lipinski definition) is 0. The molecule has 0 atom stereocenters. The van der Waals surface area contributed by atoms with Crippen LogP contribution in [0.2, 0.25) is 0 Å². The van der Waals surface area contributed by atoms with E-state index in [1.807, 2.05) is 23.0 Å². The van der Waals surface area contributed by atoms with E-state index in [0.29, 0.717) is 11.5 Å².